The standard InChI is InChI=1S/C18H18N2O3/c21-16(8-7-13-4-3-10-19-12-13)20-11-9-14-5-1-2-6-15(14)17(20)18(22)23/h1-6,10,12,17H,7-9,11H2,(H,22,23). The zero-order valence-corrected chi connectivity index (χ0v) is 12.7. The molecule has 1 unspecified atom stereocenters. The Morgan fingerprint density at radius 3 is 2.78 bits per heavy atom. The molecule has 0 fully saturated rings. The molecule has 0 bridgehead atoms. The van der Waals surface area contributed by atoms with Gasteiger partial charge in [0.05, 0.1) is 0 Å². The van der Waals surface area contributed by atoms with E-state index < -0.39 is 12.0 Å². The molecule has 0 saturated heterocycles. The molecule has 1 aliphatic rings. The van der Waals surface area contributed by atoms with Gasteiger partial charge < -0.3 is 10.0 Å². The lowest BCUT2D eigenvalue weighted by molar-refractivity contribution is -0.151. The summed E-state index contributed by atoms with van der Waals surface area (Å²) >= 11 is 0. The van der Waals surface area contributed by atoms with E-state index >= 15 is 0 Å². The lowest BCUT2D eigenvalue weighted by atomic mass is 9.92. The van der Waals surface area contributed by atoms with Crippen molar-refractivity contribution in [1.29, 1.82) is 0 Å². The maximum Gasteiger partial charge on any atom is 0.331 e. The smallest absolute Gasteiger partial charge is 0.331 e. The molecule has 1 amide bonds. The number of hydrogen-bond donors (Lipinski definition) is 1. The van der Waals surface area contributed by atoms with E-state index in [1.54, 1.807) is 18.5 Å². The number of rotatable bonds is 4. The van der Waals surface area contributed by atoms with Gasteiger partial charge in [0, 0.05) is 25.4 Å². The number of aliphatic carboxylic acids is 1. The second-order valence-corrected chi connectivity index (χ2v) is 5.64. The normalized spacial score (nSPS) is 16.7. The van der Waals surface area contributed by atoms with Crippen LogP contribution < -0.4 is 0 Å². The average molecular weight is 310 g/mol. The minimum absolute atomic E-state index is 0.129. The van der Waals surface area contributed by atoms with Gasteiger partial charge in [-0.1, -0.05) is 30.3 Å². The summed E-state index contributed by atoms with van der Waals surface area (Å²) in [6.45, 7) is 0.444. The summed E-state index contributed by atoms with van der Waals surface area (Å²) in [5.41, 5.74) is 2.71. The second kappa shape index (κ2) is 6.60. The van der Waals surface area contributed by atoms with Crippen molar-refractivity contribution in [2.45, 2.75) is 25.3 Å². The van der Waals surface area contributed by atoms with E-state index in [2.05, 4.69) is 4.98 Å². The van der Waals surface area contributed by atoms with Crippen molar-refractivity contribution in [3.8, 4) is 0 Å². The first-order valence-corrected chi connectivity index (χ1v) is 7.66. The van der Waals surface area contributed by atoms with Gasteiger partial charge in [-0.3, -0.25) is 9.78 Å². The van der Waals surface area contributed by atoms with Gasteiger partial charge in [0.1, 0.15) is 0 Å². The van der Waals surface area contributed by atoms with E-state index in [1.165, 1.54) is 4.90 Å². The molecule has 5 nitrogen and oxygen atoms in total. The summed E-state index contributed by atoms with van der Waals surface area (Å²) in [6, 6.07) is 10.3. The lowest BCUT2D eigenvalue weighted by Crippen LogP contribution is -2.43. The molecule has 2 aromatic rings. The SMILES string of the molecule is O=C(O)C1c2ccccc2CCN1C(=O)CCc1cccnc1. The Bertz CT molecular complexity index is 715. The highest BCUT2D eigenvalue weighted by Gasteiger charge is 2.35. The minimum Gasteiger partial charge on any atom is -0.479 e. The van der Waals surface area contributed by atoms with Gasteiger partial charge >= 0.3 is 5.97 Å². The molecular weight excluding hydrogens is 292 g/mol. The van der Waals surface area contributed by atoms with E-state index in [0.29, 0.717) is 19.4 Å². The number of carboxylic acid groups (broad SMARTS) is 1. The number of amides is 1. The molecule has 1 atom stereocenters. The number of fused-ring (bicyclic) bond motifs is 1. The number of hydrogen-bond acceptors (Lipinski definition) is 3. The summed E-state index contributed by atoms with van der Waals surface area (Å²) < 4.78 is 0. The zero-order chi connectivity index (χ0) is 16.2. The Kier molecular flexibility index (Phi) is 4.37. The Morgan fingerprint density at radius 2 is 2.04 bits per heavy atom. The molecule has 0 spiro atoms. The fourth-order valence-electron chi connectivity index (χ4n) is 3.04. The monoisotopic (exact) mass is 310 g/mol. The van der Waals surface area contributed by atoms with Crippen LogP contribution in [-0.4, -0.2) is 33.4 Å². The predicted octanol–water partition coefficient (Wildman–Crippen LogP) is 2.22. The molecule has 0 radical (unpaired) electrons. The van der Waals surface area contributed by atoms with E-state index in [9.17, 15) is 14.7 Å². The van der Waals surface area contributed by atoms with Crippen LogP contribution in [0.3, 0.4) is 0 Å². The molecule has 23 heavy (non-hydrogen) atoms. The number of nitrogens with zero attached hydrogens (tertiary/aromatic N) is 2. The number of carbonyl (C=O) groups is 2. The van der Waals surface area contributed by atoms with E-state index in [4.69, 9.17) is 0 Å². The van der Waals surface area contributed by atoms with Crippen LogP contribution in [0.15, 0.2) is 48.8 Å². The first-order valence-electron chi connectivity index (χ1n) is 7.66. The van der Waals surface area contributed by atoms with Crippen LogP contribution in [0, 0.1) is 0 Å². The first-order chi connectivity index (χ1) is 11.2. The fraction of sp³-hybridized carbons (Fsp3) is 0.278. The minimum atomic E-state index is -0.980. The zero-order valence-electron chi connectivity index (χ0n) is 12.7. The highest BCUT2D eigenvalue weighted by atomic mass is 16.4. The molecule has 2 heterocycles. The Balaban J connectivity index is 1.76. The van der Waals surface area contributed by atoms with Crippen molar-refractivity contribution in [1.82, 2.24) is 9.88 Å². The first kappa shape index (κ1) is 15.2. The van der Waals surface area contributed by atoms with E-state index in [1.807, 2.05) is 30.3 Å². The molecule has 1 aromatic heterocycles. The van der Waals surface area contributed by atoms with Crippen LogP contribution in [-0.2, 0) is 22.4 Å². The molecule has 1 aliphatic heterocycles. The Labute approximate surface area is 134 Å². The van der Waals surface area contributed by atoms with Crippen LogP contribution in [0.1, 0.15) is 29.2 Å². The van der Waals surface area contributed by atoms with Gasteiger partial charge in [-0.2, -0.15) is 0 Å². The number of aryl methyl sites for hydroxylation is 1. The Morgan fingerprint density at radius 1 is 1.22 bits per heavy atom. The van der Waals surface area contributed by atoms with Gasteiger partial charge in [0.15, 0.2) is 6.04 Å². The second-order valence-electron chi connectivity index (χ2n) is 5.64. The summed E-state index contributed by atoms with van der Waals surface area (Å²) in [7, 11) is 0. The molecule has 1 aromatic carbocycles. The number of aromatic nitrogens is 1. The van der Waals surface area contributed by atoms with Gasteiger partial charge in [0.25, 0.3) is 0 Å². The van der Waals surface area contributed by atoms with Gasteiger partial charge in [0.2, 0.25) is 5.91 Å². The van der Waals surface area contributed by atoms with Crippen molar-refractivity contribution in [3.05, 3.63) is 65.5 Å². The van der Waals surface area contributed by atoms with E-state index in [0.717, 1.165) is 16.7 Å². The summed E-state index contributed by atoms with van der Waals surface area (Å²) in [6.07, 6.45) is 4.97. The van der Waals surface area contributed by atoms with Crippen LogP contribution in [0.4, 0.5) is 0 Å². The summed E-state index contributed by atoms with van der Waals surface area (Å²) in [5, 5.41) is 9.59. The average Bonchev–Trinajstić information content (AvgIpc) is 2.59. The van der Waals surface area contributed by atoms with Crippen molar-refractivity contribution < 1.29 is 14.7 Å². The molecule has 0 saturated carbocycles. The highest BCUT2D eigenvalue weighted by molar-refractivity contribution is 5.85. The van der Waals surface area contributed by atoms with Gasteiger partial charge in [-0.15, -0.1) is 0 Å². The maximum atomic E-state index is 12.5. The summed E-state index contributed by atoms with van der Waals surface area (Å²) in [5.74, 6) is -1.11. The third-order valence-electron chi connectivity index (χ3n) is 4.19. The van der Waals surface area contributed by atoms with Crippen LogP contribution >= 0.6 is 0 Å². The van der Waals surface area contributed by atoms with Crippen molar-refractivity contribution in [3.63, 3.8) is 0 Å². The fourth-order valence-corrected chi connectivity index (χ4v) is 3.04. The number of benzene rings is 1. The Hall–Kier alpha value is -2.69. The lowest BCUT2D eigenvalue weighted by Gasteiger charge is -2.34. The third-order valence-corrected chi connectivity index (χ3v) is 4.19. The van der Waals surface area contributed by atoms with Crippen LogP contribution in [0.25, 0.3) is 0 Å². The molecule has 118 valence electrons. The van der Waals surface area contributed by atoms with Crippen LogP contribution in [0.2, 0.25) is 0 Å². The maximum absolute atomic E-state index is 12.5. The molecule has 5 heteroatoms. The number of pyridine rings is 1. The number of carbonyl (C=O) groups excluding carboxylic acids is 1. The largest absolute Gasteiger partial charge is 0.479 e. The third kappa shape index (κ3) is 3.23. The van der Waals surface area contributed by atoms with Crippen molar-refractivity contribution in [2.24, 2.45) is 0 Å². The van der Waals surface area contributed by atoms with Crippen molar-refractivity contribution in [2.75, 3.05) is 6.54 Å². The van der Waals surface area contributed by atoms with Crippen molar-refractivity contribution >= 4 is 11.9 Å². The molecular formula is C18H18N2O3. The van der Waals surface area contributed by atoms with Crippen LogP contribution in [0.5, 0.6) is 0 Å². The quantitative estimate of drug-likeness (QED) is 0.940. The van der Waals surface area contributed by atoms with Gasteiger partial charge in [-0.05, 0) is 35.6 Å². The van der Waals surface area contributed by atoms with E-state index in [-0.39, 0.29) is 12.3 Å². The molecule has 1 N–H and O–H groups in total. The topological polar surface area (TPSA) is 70.5 Å². The predicted molar refractivity (Wildman–Crippen MR) is 84.8 cm³/mol. The molecule has 3 rings (SSSR count). The number of carboxylic acids is 1. The molecule has 0 aliphatic carbocycles. The highest BCUT2D eigenvalue weighted by Crippen LogP contribution is 2.30. The summed E-state index contributed by atoms with van der Waals surface area (Å²) in [4.78, 5) is 29.8. The van der Waals surface area contributed by atoms with Gasteiger partial charge in [-0.25, -0.2) is 4.79 Å².